The van der Waals surface area contributed by atoms with Crippen LogP contribution in [0.4, 0.5) is 54.8 Å². The number of para-hydroxylation sites is 1. The molecule has 0 unspecified atom stereocenters. The van der Waals surface area contributed by atoms with Crippen molar-refractivity contribution in [3.05, 3.63) is 63.7 Å². The van der Waals surface area contributed by atoms with E-state index in [0.717, 1.165) is 29.2 Å². The number of carbonyl (C=O) groups is 5. The highest BCUT2D eigenvalue weighted by molar-refractivity contribution is 7.85. The van der Waals surface area contributed by atoms with Crippen LogP contribution in [0.2, 0.25) is 5.02 Å². The average molecular weight is 1240 g/mol. The number of aromatic nitrogens is 1. The molecule has 3 aromatic rings. The molecule has 0 radical (unpaired) electrons. The summed E-state index contributed by atoms with van der Waals surface area (Å²) in [5.74, 6) is -4.38. The van der Waals surface area contributed by atoms with Crippen LogP contribution in [0.3, 0.4) is 0 Å². The summed E-state index contributed by atoms with van der Waals surface area (Å²) in [4.78, 5) is 82.5. The van der Waals surface area contributed by atoms with Gasteiger partial charge in [-0.1, -0.05) is 31.0 Å². The Hall–Kier alpha value is -6.67. The van der Waals surface area contributed by atoms with Crippen molar-refractivity contribution in [1.29, 1.82) is 0 Å². The van der Waals surface area contributed by atoms with E-state index in [1.165, 1.54) is 6.07 Å². The number of alkyl carbamates (subject to hydrolysis) is 1. The van der Waals surface area contributed by atoms with Crippen molar-refractivity contribution in [3.63, 3.8) is 0 Å². The standard InChI is InChI=1S/C39H48ClF6N5O11S.C11H10F3NO5/c1-5-22-18-37(22,33(54)50-63(56,57)62-36(12-13-36)20-38(41,42)43)49-31(52)26-16-23(60-27-17-28(59-6-2)47-30-24(27)8-7-9-25(30)40)19-51(26)32(53)29(21-10-14-58-15-11-21)48-34(55)61-35(3,4)39(44,45)46;1-10(2,11(12,13)14)20-9(16)19-8-5-3-7(4-6-8)15(17)18/h7-9,17,21-23,26,29H,5-6,10-16,18-20H2,1-4H3,(H,48,55)(H,49,52)(H,50,54);3-6H,1-2H3/t22-,23-,26+,29+,37-;/m1./s1. The number of nitrogens with zero attached hydrogens (tertiary/aromatic N) is 3. The van der Waals surface area contributed by atoms with Crippen molar-refractivity contribution in [2.24, 2.45) is 11.8 Å². The summed E-state index contributed by atoms with van der Waals surface area (Å²) in [5, 5.41) is 15.9. The monoisotopic (exact) mass is 1240 g/mol. The molecule has 2 aliphatic carbocycles. The predicted molar refractivity (Wildman–Crippen MR) is 270 cm³/mol. The number of ether oxygens (including phenoxy) is 6. The van der Waals surface area contributed by atoms with Crippen LogP contribution in [0, 0.1) is 22.0 Å². The first-order valence-corrected chi connectivity index (χ1v) is 27.3. The molecule has 3 heterocycles. The Morgan fingerprint density at radius 1 is 0.916 bits per heavy atom. The van der Waals surface area contributed by atoms with Gasteiger partial charge in [-0.2, -0.15) is 47.9 Å². The Morgan fingerprint density at radius 3 is 2.07 bits per heavy atom. The summed E-state index contributed by atoms with van der Waals surface area (Å²) in [6, 6.07) is 7.52. The van der Waals surface area contributed by atoms with Gasteiger partial charge in [0.2, 0.25) is 28.9 Å². The molecule has 5 atom stereocenters. The highest BCUT2D eigenvalue weighted by Gasteiger charge is 2.63. The molecule has 2 aromatic carbocycles. The topological polar surface area (TPSA) is 279 Å². The van der Waals surface area contributed by atoms with E-state index in [1.54, 1.807) is 36.8 Å². The first kappa shape index (κ1) is 65.5. The number of carbonyl (C=O) groups excluding carboxylic acids is 5. The smallest absolute Gasteiger partial charge is 0.488 e. The third kappa shape index (κ3) is 16.6. The molecule has 33 heteroatoms. The molecule has 1 aromatic heterocycles. The number of halogens is 10. The van der Waals surface area contributed by atoms with E-state index in [2.05, 4.69) is 25.1 Å². The zero-order valence-corrected chi connectivity index (χ0v) is 46.6. The van der Waals surface area contributed by atoms with Crippen molar-refractivity contribution in [1.82, 2.24) is 25.2 Å². The fourth-order valence-corrected chi connectivity index (χ4v) is 10.3. The zero-order chi connectivity index (χ0) is 61.9. The van der Waals surface area contributed by atoms with E-state index in [-0.39, 0.29) is 99.4 Å². The number of benzene rings is 2. The number of amides is 4. The lowest BCUT2D eigenvalue weighted by Gasteiger charge is -2.35. The van der Waals surface area contributed by atoms with Crippen LogP contribution in [0.15, 0.2) is 48.5 Å². The number of nitrogens with one attached hydrogen (secondary N) is 3. The van der Waals surface area contributed by atoms with E-state index in [4.69, 9.17) is 34.7 Å². The lowest BCUT2D eigenvalue weighted by molar-refractivity contribution is -0.384. The van der Waals surface area contributed by atoms with Crippen LogP contribution >= 0.6 is 11.6 Å². The summed E-state index contributed by atoms with van der Waals surface area (Å²) >= 11 is 6.46. The lowest BCUT2D eigenvalue weighted by atomic mass is 9.90. The second kappa shape index (κ2) is 24.9. The molecule has 0 spiro atoms. The largest absolute Gasteiger partial charge is 0.514 e. The van der Waals surface area contributed by atoms with Crippen molar-refractivity contribution >= 4 is 68.5 Å². The van der Waals surface area contributed by atoms with Crippen molar-refractivity contribution in [2.45, 2.75) is 152 Å². The van der Waals surface area contributed by atoms with Gasteiger partial charge in [-0.25, -0.2) is 23.5 Å². The first-order valence-electron chi connectivity index (χ1n) is 25.6. The minimum atomic E-state index is -5.12. The second-order valence-electron chi connectivity index (χ2n) is 20.9. The van der Waals surface area contributed by atoms with Gasteiger partial charge in [0.15, 0.2) is 0 Å². The van der Waals surface area contributed by atoms with Gasteiger partial charge in [-0.3, -0.25) is 24.5 Å². The number of likely N-dealkylation sites (tertiary alicyclic amines) is 1. The molecule has 460 valence electrons. The fourth-order valence-electron chi connectivity index (χ4n) is 8.97. The Balaban J connectivity index is 0.000000467. The third-order valence-electron chi connectivity index (χ3n) is 13.9. The number of hydrogen-bond acceptors (Lipinski definition) is 17. The molecule has 4 aliphatic rings. The highest BCUT2D eigenvalue weighted by atomic mass is 35.5. The number of non-ortho nitro benzene ring substituents is 1. The summed E-state index contributed by atoms with van der Waals surface area (Å²) in [6.45, 7) is 6.11. The van der Waals surface area contributed by atoms with E-state index in [9.17, 15) is 82.0 Å². The Kier molecular flexibility index (Phi) is 19.6. The summed E-state index contributed by atoms with van der Waals surface area (Å²) in [5.41, 5.74) is -9.59. The lowest BCUT2D eigenvalue weighted by Crippen LogP contribution is -2.60. The quantitative estimate of drug-likeness (QED) is 0.0332. The number of fused-ring (bicyclic) bond motifs is 1. The molecule has 2 saturated carbocycles. The van der Waals surface area contributed by atoms with Crippen LogP contribution in [-0.4, -0.2) is 139 Å². The van der Waals surface area contributed by atoms with Crippen LogP contribution in [0.5, 0.6) is 17.4 Å². The number of nitro benzene ring substituents is 1. The molecule has 83 heavy (non-hydrogen) atoms. The van der Waals surface area contributed by atoms with Gasteiger partial charge in [-0.05, 0) is 103 Å². The number of pyridine rings is 1. The maximum absolute atomic E-state index is 14.8. The SMILES string of the molecule is CC(C)(OC(=O)Oc1ccc([N+](=O)[O-])cc1)C(F)(F)F.CCOc1cc(O[C@@H]2C[C@@H](C(=O)N[C@]3(C(=O)NS(=O)(=O)OC4(CC(F)(F)F)CC4)C[C@H]3CC)N(C(=O)[C@@H](NC(=O)OC(C)(C)C(F)(F)F)C3CCOCC3)C2)c2cccc(Cl)c2n1. The van der Waals surface area contributed by atoms with Gasteiger partial charge in [0.05, 0.1) is 40.6 Å². The summed E-state index contributed by atoms with van der Waals surface area (Å²) in [7, 11) is -5.12. The Labute approximate surface area is 473 Å². The number of nitro groups is 1. The Bertz CT molecular complexity index is 3020. The maximum atomic E-state index is 14.8. The van der Waals surface area contributed by atoms with Gasteiger partial charge in [-0.15, -0.1) is 0 Å². The molecule has 4 fully saturated rings. The maximum Gasteiger partial charge on any atom is 0.514 e. The summed E-state index contributed by atoms with van der Waals surface area (Å²) in [6.07, 6.45) is -20.4. The molecular weight excluding hydrogens is 1180 g/mol. The normalized spacial score (nSPS) is 21.3. The third-order valence-corrected chi connectivity index (χ3v) is 15.2. The molecule has 3 N–H and O–H groups in total. The average Bonchev–Trinajstić information content (AvgIpc) is 4.32. The van der Waals surface area contributed by atoms with Gasteiger partial charge in [0, 0.05) is 43.2 Å². The van der Waals surface area contributed by atoms with Gasteiger partial charge in [0.1, 0.15) is 35.2 Å². The van der Waals surface area contributed by atoms with Crippen LogP contribution in [0.1, 0.15) is 92.9 Å². The van der Waals surface area contributed by atoms with Gasteiger partial charge in [0.25, 0.3) is 11.6 Å². The van der Waals surface area contributed by atoms with Crippen molar-refractivity contribution < 1.29 is 109 Å². The molecule has 7 rings (SSSR count). The Morgan fingerprint density at radius 2 is 1.53 bits per heavy atom. The predicted octanol–water partition coefficient (Wildman–Crippen LogP) is 9.10. The van der Waals surface area contributed by atoms with Crippen LogP contribution in [-0.2, 0) is 43.1 Å². The summed E-state index contributed by atoms with van der Waals surface area (Å²) < 4.78 is 181. The van der Waals surface area contributed by atoms with E-state index < -0.39 is 123 Å². The first-order chi connectivity index (χ1) is 38.3. The molecular formula is C50H58ClF9N6O16S. The zero-order valence-electron chi connectivity index (χ0n) is 45.1. The number of alkyl halides is 9. The van der Waals surface area contributed by atoms with E-state index in [1.807, 2.05) is 0 Å². The molecule has 22 nitrogen and oxygen atoms in total. The van der Waals surface area contributed by atoms with Crippen LogP contribution < -0.4 is 29.6 Å². The van der Waals surface area contributed by atoms with Gasteiger partial charge >= 0.3 is 41.1 Å². The van der Waals surface area contributed by atoms with Crippen molar-refractivity contribution in [2.75, 3.05) is 26.4 Å². The second-order valence-corrected chi connectivity index (χ2v) is 22.6. The molecule has 4 amide bonds. The fraction of sp³-hybridized carbons (Fsp3) is 0.600. The van der Waals surface area contributed by atoms with E-state index in [0.29, 0.717) is 38.6 Å². The number of hydrogen-bond donors (Lipinski definition) is 3. The van der Waals surface area contributed by atoms with Crippen LogP contribution in [0.25, 0.3) is 10.9 Å². The molecule has 0 bridgehead atoms. The number of rotatable bonds is 19. The van der Waals surface area contributed by atoms with Gasteiger partial charge < -0.3 is 44.0 Å². The minimum absolute atomic E-state index is 0.0953. The minimum Gasteiger partial charge on any atom is -0.488 e. The molecule has 2 saturated heterocycles. The van der Waals surface area contributed by atoms with E-state index >= 15 is 0 Å². The molecule has 2 aliphatic heterocycles. The van der Waals surface area contributed by atoms with Crippen molar-refractivity contribution in [3.8, 4) is 17.4 Å². The highest BCUT2D eigenvalue weighted by Crippen LogP contribution is 2.50.